The number of rotatable bonds is 5. The van der Waals surface area contributed by atoms with E-state index < -0.39 is 5.97 Å². The maximum absolute atomic E-state index is 11.3. The minimum absolute atomic E-state index is 0.000435. The molecular weight excluding hydrogens is 282 g/mol. The Balaban J connectivity index is 2.20. The number of thiazole rings is 1. The Kier molecular flexibility index (Phi) is 4.34. The highest BCUT2D eigenvalue weighted by Gasteiger charge is 2.08. The number of nitrogens with zero attached hydrogens (tertiary/aromatic N) is 1. The molecule has 1 heterocycles. The average molecular weight is 293 g/mol. The van der Waals surface area contributed by atoms with Crippen molar-refractivity contribution in [2.24, 2.45) is 0 Å². The van der Waals surface area contributed by atoms with Crippen molar-refractivity contribution in [3.63, 3.8) is 0 Å². The number of hydrogen-bond donors (Lipinski definition) is 1. The molecule has 0 aliphatic carbocycles. The Morgan fingerprint density at radius 2 is 2.21 bits per heavy atom. The van der Waals surface area contributed by atoms with Crippen LogP contribution in [0, 0.1) is 0 Å². The van der Waals surface area contributed by atoms with Gasteiger partial charge in [-0.25, -0.2) is 4.98 Å². The van der Waals surface area contributed by atoms with Gasteiger partial charge < -0.3 is 5.11 Å². The normalized spacial score (nSPS) is 10.4. The van der Waals surface area contributed by atoms with Crippen LogP contribution in [0.4, 0.5) is 0 Å². The fourth-order valence-electron chi connectivity index (χ4n) is 1.48. The number of carbonyl (C=O) groups is 2. The van der Waals surface area contributed by atoms with E-state index in [0.29, 0.717) is 9.90 Å². The first-order chi connectivity index (χ1) is 9.06. The van der Waals surface area contributed by atoms with Crippen molar-refractivity contribution in [1.29, 1.82) is 0 Å². The van der Waals surface area contributed by atoms with Crippen LogP contribution in [0.1, 0.15) is 17.3 Å². The quantitative estimate of drug-likeness (QED) is 0.677. The molecule has 19 heavy (non-hydrogen) atoms. The smallest absolute Gasteiger partial charge is 0.313 e. The molecule has 0 fully saturated rings. The summed E-state index contributed by atoms with van der Waals surface area (Å²) in [7, 11) is 0. The lowest BCUT2D eigenvalue weighted by Crippen LogP contribution is -1.97. The van der Waals surface area contributed by atoms with E-state index in [0.717, 1.165) is 11.3 Å². The molecule has 0 radical (unpaired) electrons. The highest BCUT2D eigenvalue weighted by Crippen LogP contribution is 2.28. The number of carboxylic acid groups (broad SMARTS) is 1. The van der Waals surface area contributed by atoms with Crippen molar-refractivity contribution in [3.05, 3.63) is 35.2 Å². The van der Waals surface area contributed by atoms with Crippen molar-refractivity contribution >= 4 is 34.9 Å². The Labute approximate surface area is 118 Å². The molecule has 0 saturated carbocycles. The van der Waals surface area contributed by atoms with Gasteiger partial charge in [-0.05, 0) is 13.0 Å². The van der Waals surface area contributed by atoms with Gasteiger partial charge in [0.1, 0.15) is 0 Å². The number of carbonyl (C=O) groups excluding carboxylic acids is 1. The fourth-order valence-corrected chi connectivity index (χ4v) is 3.03. The fraction of sp³-hybridized carbons (Fsp3) is 0.154. The molecular formula is C13H11NO3S2. The van der Waals surface area contributed by atoms with Gasteiger partial charge in [-0.1, -0.05) is 30.0 Å². The molecule has 0 spiro atoms. The summed E-state index contributed by atoms with van der Waals surface area (Å²) in [5, 5.41) is 10.5. The zero-order chi connectivity index (χ0) is 13.8. The third-order valence-corrected chi connectivity index (χ3v) is 4.37. The third-order valence-electron chi connectivity index (χ3n) is 2.37. The monoisotopic (exact) mass is 293 g/mol. The molecule has 1 aromatic heterocycles. The molecule has 0 saturated heterocycles. The number of hydrogen-bond acceptors (Lipinski definition) is 5. The van der Waals surface area contributed by atoms with Gasteiger partial charge in [-0.3, -0.25) is 9.59 Å². The molecule has 0 unspecified atom stereocenters. The molecule has 0 bridgehead atoms. The van der Waals surface area contributed by atoms with E-state index in [2.05, 4.69) is 4.98 Å². The second-order valence-electron chi connectivity index (χ2n) is 3.82. The average Bonchev–Trinajstić information content (AvgIpc) is 2.85. The Morgan fingerprint density at radius 1 is 1.42 bits per heavy atom. The largest absolute Gasteiger partial charge is 0.481 e. The molecule has 0 amide bonds. The highest BCUT2D eigenvalue weighted by atomic mass is 32.2. The summed E-state index contributed by atoms with van der Waals surface area (Å²) in [5.41, 5.74) is 2.28. The molecule has 2 aromatic rings. The van der Waals surface area contributed by atoms with Crippen LogP contribution in [0.15, 0.2) is 34.0 Å². The van der Waals surface area contributed by atoms with Crippen molar-refractivity contribution in [3.8, 4) is 11.3 Å². The lowest BCUT2D eigenvalue weighted by Gasteiger charge is -1.99. The number of thioether (sulfide) groups is 1. The van der Waals surface area contributed by atoms with Crippen LogP contribution >= 0.6 is 23.1 Å². The van der Waals surface area contributed by atoms with E-state index >= 15 is 0 Å². The van der Waals surface area contributed by atoms with Gasteiger partial charge in [-0.15, -0.1) is 11.3 Å². The second-order valence-corrected chi connectivity index (χ2v) is 5.90. The van der Waals surface area contributed by atoms with E-state index in [9.17, 15) is 9.59 Å². The van der Waals surface area contributed by atoms with Crippen LogP contribution in [0.3, 0.4) is 0 Å². The van der Waals surface area contributed by atoms with Gasteiger partial charge >= 0.3 is 5.97 Å². The van der Waals surface area contributed by atoms with E-state index in [-0.39, 0.29) is 11.5 Å². The van der Waals surface area contributed by atoms with Crippen molar-refractivity contribution in [1.82, 2.24) is 4.98 Å². The maximum Gasteiger partial charge on any atom is 0.313 e. The van der Waals surface area contributed by atoms with Crippen LogP contribution < -0.4 is 0 Å². The van der Waals surface area contributed by atoms with Crippen molar-refractivity contribution in [2.45, 2.75) is 11.3 Å². The number of benzene rings is 1. The summed E-state index contributed by atoms with van der Waals surface area (Å²) >= 11 is 2.60. The van der Waals surface area contributed by atoms with E-state index in [4.69, 9.17) is 5.11 Å². The Hall–Kier alpha value is -1.66. The van der Waals surface area contributed by atoms with Crippen molar-refractivity contribution in [2.75, 3.05) is 5.75 Å². The third kappa shape index (κ3) is 3.65. The molecule has 4 nitrogen and oxygen atoms in total. The van der Waals surface area contributed by atoms with Gasteiger partial charge in [0.15, 0.2) is 10.1 Å². The zero-order valence-electron chi connectivity index (χ0n) is 10.1. The molecule has 1 N–H and O–H groups in total. The summed E-state index contributed by atoms with van der Waals surface area (Å²) in [6.07, 6.45) is 0. The van der Waals surface area contributed by atoms with Crippen LogP contribution in [0.25, 0.3) is 11.3 Å². The number of ketones is 1. The van der Waals surface area contributed by atoms with Gasteiger partial charge in [0.25, 0.3) is 0 Å². The van der Waals surface area contributed by atoms with E-state index in [1.165, 1.54) is 30.0 Å². The molecule has 1 aromatic carbocycles. The molecule has 0 atom stereocenters. The Morgan fingerprint density at radius 3 is 2.89 bits per heavy atom. The molecule has 6 heteroatoms. The Bertz CT molecular complexity index is 622. The van der Waals surface area contributed by atoms with Gasteiger partial charge in [0.2, 0.25) is 0 Å². The summed E-state index contributed by atoms with van der Waals surface area (Å²) in [6, 6.07) is 7.25. The van der Waals surface area contributed by atoms with Crippen molar-refractivity contribution < 1.29 is 14.7 Å². The minimum atomic E-state index is -0.861. The zero-order valence-corrected chi connectivity index (χ0v) is 11.8. The summed E-state index contributed by atoms with van der Waals surface area (Å²) in [5.74, 6) is -0.849. The number of carboxylic acids is 1. The second kappa shape index (κ2) is 5.99. The van der Waals surface area contributed by atoms with Crippen LogP contribution in [0.2, 0.25) is 0 Å². The number of Topliss-reactive ketones (excluding diaryl/α,β-unsaturated/α-hetero) is 1. The predicted molar refractivity (Wildman–Crippen MR) is 75.9 cm³/mol. The van der Waals surface area contributed by atoms with Gasteiger partial charge in [0.05, 0.1) is 11.4 Å². The molecule has 0 aliphatic rings. The molecule has 0 aliphatic heterocycles. The topological polar surface area (TPSA) is 67.3 Å². The SMILES string of the molecule is CC(=O)c1cccc(-c2csc(SCC(=O)O)n2)c1. The summed E-state index contributed by atoms with van der Waals surface area (Å²) < 4.78 is 0.714. The molecule has 98 valence electrons. The lowest BCUT2D eigenvalue weighted by molar-refractivity contribution is -0.133. The minimum Gasteiger partial charge on any atom is -0.481 e. The first kappa shape index (κ1) is 13.8. The van der Waals surface area contributed by atoms with E-state index in [1.54, 1.807) is 12.1 Å². The van der Waals surface area contributed by atoms with Crippen LogP contribution in [0.5, 0.6) is 0 Å². The summed E-state index contributed by atoms with van der Waals surface area (Å²) in [6.45, 7) is 1.52. The number of aliphatic carboxylic acids is 1. The van der Waals surface area contributed by atoms with Gasteiger partial charge in [-0.2, -0.15) is 0 Å². The van der Waals surface area contributed by atoms with E-state index in [1.807, 2.05) is 17.5 Å². The lowest BCUT2D eigenvalue weighted by atomic mass is 10.1. The summed E-state index contributed by atoms with van der Waals surface area (Å²) in [4.78, 5) is 26.2. The standard InChI is InChI=1S/C13H11NO3S2/c1-8(15)9-3-2-4-10(5-9)11-6-18-13(14-11)19-7-12(16)17/h2-6H,7H2,1H3,(H,16,17). The predicted octanol–water partition coefficient (Wildman–Crippen LogP) is 3.19. The number of aromatic nitrogens is 1. The van der Waals surface area contributed by atoms with Crippen LogP contribution in [-0.4, -0.2) is 27.6 Å². The first-order valence-electron chi connectivity index (χ1n) is 5.48. The maximum atomic E-state index is 11.3. The van der Waals surface area contributed by atoms with Crippen LogP contribution in [-0.2, 0) is 4.79 Å². The highest BCUT2D eigenvalue weighted by molar-refractivity contribution is 8.01. The molecule has 2 rings (SSSR count). The first-order valence-corrected chi connectivity index (χ1v) is 7.34. The van der Waals surface area contributed by atoms with Gasteiger partial charge in [0, 0.05) is 16.5 Å².